The van der Waals surface area contributed by atoms with Crippen molar-refractivity contribution in [3.63, 3.8) is 0 Å². The Kier molecular flexibility index (Phi) is 7.40. The van der Waals surface area contributed by atoms with E-state index in [1.165, 1.54) is 17.1 Å². The average Bonchev–Trinajstić information content (AvgIpc) is 3.21. The van der Waals surface area contributed by atoms with E-state index < -0.39 is 6.04 Å². The first kappa shape index (κ1) is 23.4. The summed E-state index contributed by atoms with van der Waals surface area (Å²) in [6.45, 7) is 0.602. The Morgan fingerprint density at radius 1 is 1.18 bits per heavy atom. The summed E-state index contributed by atoms with van der Waals surface area (Å²) in [5.41, 5.74) is 2.20. The van der Waals surface area contributed by atoms with Crippen LogP contribution in [-0.4, -0.2) is 54.2 Å². The van der Waals surface area contributed by atoms with E-state index in [-0.39, 0.29) is 30.1 Å². The lowest BCUT2D eigenvalue weighted by Gasteiger charge is -2.32. The van der Waals surface area contributed by atoms with Gasteiger partial charge in [-0.3, -0.25) is 9.59 Å². The maximum absolute atomic E-state index is 13.5. The van der Waals surface area contributed by atoms with Crippen molar-refractivity contribution >= 4 is 29.1 Å². The van der Waals surface area contributed by atoms with Crippen LogP contribution in [0.5, 0.6) is 0 Å². The van der Waals surface area contributed by atoms with Crippen LogP contribution in [0.2, 0.25) is 5.02 Å². The first-order valence-electron chi connectivity index (χ1n) is 11.2. The normalized spacial score (nSPS) is 18.1. The van der Waals surface area contributed by atoms with Crippen LogP contribution in [0.3, 0.4) is 0 Å². The lowest BCUT2D eigenvalue weighted by molar-refractivity contribution is -0.146. The van der Waals surface area contributed by atoms with Crippen molar-refractivity contribution in [1.29, 1.82) is 0 Å². The summed E-state index contributed by atoms with van der Waals surface area (Å²) < 4.78 is 18.7. The SMILES string of the molecule is COCCN(CC(=O)N1N=C(c2ccccc2Cl)CC1c1ccc(F)cc1)C(=O)C1CCC1. The molecule has 6 nitrogen and oxygen atoms in total. The van der Waals surface area contributed by atoms with Gasteiger partial charge in [0.05, 0.1) is 18.4 Å². The Balaban J connectivity index is 1.60. The van der Waals surface area contributed by atoms with E-state index in [0.717, 1.165) is 30.4 Å². The molecule has 0 radical (unpaired) electrons. The molecule has 1 aliphatic heterocycles. The Hall–Kier alpha value is -2.77. The van der Waals surface area contributed by atoms with Crippen LogP contribution < -0.4 is 0 Å². The first-order chi connectivity index (χ1) is 16.0. The van der Waals surface area contributed by atoms with Gasteiger partial charge in [-0.15, -0.1) is 0 Å². The number of carbonyl (C=O) groups excluding carboxylic acids is 2. The van der Waals surface area contributed by atoms with Gasteiger partial charge in [-0.25, -0.2) is 9.40 Å². The standard InChI is InChI=1S/C25H27ClFN3O3/c1-33-14-13-29(25(32)18-5-4-6-18)16-24(31)30-23(17-9-11-19(27)12-10-17)15-22(28-30)20-7-2-3-8-21(20)26/h2-3,7-12,18,23H,4-6,13-16H2,1H3. The summed E-state index contributed by atoms with van der Waals surface area (Å²) in [4.78, 5) is 27.9. The molecule has 0 aromatic heterocycles. The Bertz CT molecular complexity index is 1040. The number of methoxy groups -OCH3 is 1. The number of hydrazone groups is 1. The number of halogens is 2. The molecular formula is C25H27ClFN3O3. The van der Waals surface area contributed by atoms with E-state index in [9.17, 15) is 14.0 Å². The van der Waals surface area contributed by atoms with E-state index in [4.69, 9.17) is 16.3 Å². The van der Waals surface area contributed by atoms with Crippen LogP contribution in [0.25, 0.3) is 0 Å². The quantitative estimate of drug-likeness (QED) is 0.572. The second-order valence-corrected chi connectivity index (χ2v) is 8.82. The van der Waals surface area contributed by atoms with Crippen LogP contribution in [-0.2, 0) is 14.3 Å². The fourth-order valence-corrected chi connectivity index (χ4v) is 4.41. The van der Waals surface area contributed by atoms with E-state index >= 15 is 0 Å². The van der Waals surface area contributed by atoms with E-state index in [1.54, 1.807) is 30.2 Å². The van der Waals surface area contributed by atoms with E-state index in [0.29, 0.717) is 30.3 Å². The molecule has 33 heavy (non-hydrogen) atoms. The van der Waals surface area contributed by atoms with Gasteiger partial charge in [0.2, 0.25) is 5.91 Å². The van der Waals surface area contributed by atoms with Gasteiger partial charge in [0, 0.05) is 36.6 Å². The highest BCUT2D eigenvalue weighted by molar-refractivity contribution is 6.34. The predicted octanol–water partition coefficient (Wildman–Crippen LogP) is 4.43. The van der Waals surface area contributed by atoms with E-state index in [2.05, 4.69) is 5.10 Å². The molecule has 8 heteroatoms. The monoisotopic (exact) mass is 471 g/mol. The summed E-state index contributed by atoms with van der Waals surface area (Å²) in [5.74, 6) is -0.684. The van der Waals surface area contributed by atoms with Crippen LogP contribution in [0.4, 0.5) is 4.39 Å². The topological polar surface area (TPSA) is 62.2 Å². The Labute approximate surface area is 198 Å². The number of hydrogen-bond acceptors (Lipinski definition) is 4. The largest absolute Gasteiger partial charge is 0.383 e. The molecule has 1 saturated carbocycles. The average molecular weight is 472 g/mol. The fourth-order valence-electron chi connectivity index (χ4n) is 4.16. The molecule has 1 aliphatic carbocycles. The fraction of sp³-hybridized carbons (Fsp3) is 0.400. The molecule has 1 heterocycles. The van der Waals surface area contributed by atoms with Crippen molar-refractivity contribution < 1.29 is 18.7 Å². The van der Waals surface area contributed by atoms with Gasteiger partial charge in [0.1, 0.15) is 12.4 Å². The Morgan fingerprint density at radius 3 is 2.55 bits per heavy atom. The summed E-state index contributed by atoms with van der Waals surface area (Å²) in [6.07, 6.45) is 3.18. The Morgan fingerprint density at radius 2 is 1.91 bits per heavy atom. The number of benzene rings is 2. The second kappa shape index (κ2) is 10.4. The van der Waals surface area contributed by atoms with Crippen LogP contribution >= 0.6 is 11.6 Å². The molecule has 1 fully saturated rings. The molecule has 2 aromatic rings. The molecule has 2 aromatic carbocycles. The van der Waals surface area contributed by atoms with Crippen molar-refractivity contribution in [1.82, 2.24) is 9.91 Å². The molecular weight excluding hydrogens is 445 g/mol. The maximum atomic E-state index is 13.5. The highest BCUT2D eigenvalue weighted by Crippen LogP contribution is 2.35. The highest BCUT2D eigenvalue weighted by atomic mass is 35.5. The molecule has 4 rings (SSSR count). The summed E-state index contributed by atoms with van der Waals surface area (Å²) in [6, 6.07) is 13.0. The number of ether oxygens (including phenoxy) is 1. The van der Waals surface area contributed by atoms with Crippen LogP contribution in [0.1, 0.15) is 42.9 Å². The minimum Gasteiger partial charge on any atom is -0.383 e. The molecule has 1 unspecified atom stereocenters. The molecule has 174 valence electrons. The number of rotatable bonds is 8. The first-order valence-corrected chi connectivity index (χ1v) is 11.5. The van der Waals surface area contributed by atoms with Gasteiger partial charge >= 0.3 is 0 Å². The minimum atomic E-state index is -0.410. The van der Waals surface area contributed by atoms with Crippen molar-refractivity contribution in [2.24, 2.45) is 11.0 Å². The van der Waals surface area contributed by atoms with Crippen molar-refractivity contribution in [2.45, 2.75) is 31.7 Å². The molecule has 0 bridgehead atoms. The van der Waals surface area contributed by atoms with Crippen LogP contribution in [0.15, 0.2) is 53.6 Å². The third kappa shape index (κ3) is 5.25. The summed E-state index contributed by atoms with van der Waals surface area (Å²) in [5, 5.41) is 6.59. The van der Waals surface area contributed by atoms with Gasteiger partial charge in [-0.1, -0.05) is 48.4 Å². The lowest BCUT2D eigenvalue weighted by Crippen LogP contribution is -2.46. The maximum Gasteiger partial charge on any atom is 0.262 e. The minimum absolute atomic E-state index is 0.0144. The number of hydrogen-bond donors (Lipinski definition) is 0. The summed E-state index contributed by atoms with van der Waals surface area (Å²) >= 11 is 6.39. The zero-order valence-corrected chi connectivity index (χ0v) is 19.3. The van der Waals surface area contributed by atoms with Crippen molar-refractivity contribution in [2.75, 3.05) is 26.8 Å². The van der Waals surface area contributed by atoms with Gasteiger partial charge in [0.25, 0.3) is 5.91 Å². The third-order valence-corrected chi connectivity index (χ3v) is 6.59. The van der Waals surface area contributed by atoms with Gasteiger partial charge in [-0.05, 0) is 36.6 Å². The highest BCUT2D eigenvalue weighted by Gasteiger charge is 2.36. The summed E-state index contributed by atoms with van der Waals surface area (Å²) in [7, 11) is 1.57. The van der Waals surface area contributed by atoms with Crippen molar-refractivity contribution in [3.8, 4) is 0 Å². The molecule has 0 spiro atoms. The smallest absolute Gasteiger partial charge is 0.262 e. The molecule has 0 N–H and O–H groups in total. The van der Waals surface area contributed by atoms with E-state index in [1.807, 2.05) is 18.2 Å². The number of amides is 2. The molecule has 0 saturated heterocycles. The molecule has 1 atom stereocenters. The van der Waals surface area contributed by atoms with Gasteiger partial charge < -0.3 is 9.64 Å². The zero-order chi connectivity index (χ0) is 23.4. The van der Waals surface area contributed by atoms with Crippen molar-refractivity contribution in [3.05, 3.63) is 70.5 Å². The third-order valence-electron chi connectivity index (χ3n) is 6.26. The second-order valence-electron chi connectivity index (χ2n) is 8.42. The number of carbonyl (C=O) groups is 2. The zero-order valence-electron chi connectivity index (χ0n) is 18.5. The predicted molar refractivity (Wildman–Crippen MR) is 124 cm³/mol. The molecule has 2 amide bonds. The van der Waals surface area contributed by atoms with Crippen LogP contribution in [0, 0.1) is 11.7 Å². The molecule has 2 aliphatic rings. The lowest BCUT2D eigenvalue weighted by atomic mass is 9.84. The number of nitrogens with zero attached hydrogens (tertiary/aromatic N) is 3. The van der Waals surface area contributed by atoms with Gasteiger partial charge in [-0.2, -0.15) is 5.10 Å². The van der Waals surface area contributed by atoms with Gasteiger partial charge in [0.15, 0.2) is 0 Å².